The fourth-order valence-corrected chi connectivity index (χ4v) is 3.00. The zero-order chi connectivity index (χ0) is 16.8. The number of hydrogen-bond donors (Lipinski definition) is 1. The lowest BCUT2D eigenvalue weighted by Crippen LogP contribution is -1.96. The summed E-state index contributed by atoms with van der Waals surface area (Å²) < 4.78 is 7.48. The number of anilines is 2. The Labute approximate surface area is 147 Å². The summed E-state index contributed by atoms with van der Waals surface area (Å²) in [6, 6.07) is 18.5. The third-order valence-electron chi connectivity index (χ3n) is 3.89. The first-order chi connectivity index (χ1) is 11.8. The number of nitrogens with one attached hydrogen (secondary N) is 1. The molecule has 3 aromatic rings. The van der Waals surface area contributed by atoms with Crippen molar-refractivity contribution >= 4 is 23.1 Å². The molecule has 0 amide bonds. The maximum absolute atomic E-state index is 5.23. The maximum Gasteiger partial charge on any atom is 0.119 e. The molecular weight excluding hydrogens is 316 g/mol. The summed E-state index contributed by atoms with van der Waals surface area (Å²) in [6.45, 7) is 1.01. The molecule has 3 nitrogen and oxygen atoms in total. The van der Waals surface area contributed by atoms with Gasteiger partial charge in [0.25, 0.3) is 0 Å². The summed E-state index contributed by atoms with van der Waals surface area (Å²) >= 11 is 1.86. The van der Waals surface area contributed by atoms with Crippen molar-refractivity contribution in [2.45, 2.75) is 6.54 Å². The molecule has 0 aliphatic rings. The highest BCUT2D eigenvalue weighted by atomic mass is 32.2. The van der Waals surface area contributed by atoms with Gasteiger partial charge in [0.2, 0.25) is 0 Å². The standard InChI is InChI=1S/C20H22N2OS/c1-23-18-10-8-17(9-11-18)21-20-15-22(12-13-24-2)14-19(20)16-6-4-3-5-7-16/h3-11,14-15,21H,12-13H2,1-2H3. The molecule has 1 N–H and O–H groups in total. The van der Waals surface area contributed by atoms with Crippen molar-refractivity contribution in [2.75, 3.05) is 24.4 Å². The fraction of sp³-hybridized carbons (Fsp3) is 0.200. The molecular formula is C20H22N2OS. The Morgan fingerprint density at radius 1 is 1.00 bits per heavy atom. The maximum atomic E-state index is 5.23. The van der Waals surface area contributed by atoms with Crippen LogP contribution in [0.2, 0.25) is 0 Å². The van der Waals surface area contributed by atoms with Crippen LogP contribution >= 0.6 is 11.8 Å². The summed E-state index contributed by atoms with van der Waals surface area (Å²) in [4.78, 5) is 0. The minimum Gasteiger partial charge on any atom is -0.497 e. The van der Waals surface area contributed by atoms with Crippen molar-refractivity contribution in [3.63, 3.8) is 0 Å². The molecule has 1 aromatic heterocycles. The van der Waals surface area contributed by atoms with Crippen molar-refractivity contribution in [3.05, 3.63) is 67.0 Å². The Kier molecular flexibility index (Phi) is 5.49. The van der Waals surface area contributed by atoms with E-state index >= 15 is 0 Å². The summed E-state index contributed by atoms with van der Waals surface area (Å²) in [6.07, 6.45) is 6.54. The third kappa shape index (κ3) is 3.95. The molecule has 0 atom stereocenters. The third-order valence-corrected chi connectivity index (χ3v) is 4.48. The second-order valence-electron chi connectivity index (χ2n) is 5.54. The van der Waals surface area contributed by atoms with Crippen molar-refractivity contribution in [3.8, 4) is 16.9 Å². The van der Waals surface area contributed by atoms with E-state index in [1.807, 2.05) is 42.1 Å². The zero-order valence-corrected chi connectivity index (χ0v) is 14.8. The van der Waals surface area contributed by atoms with E-state index in [-0.39, 0.29) is 0 Å². The topological polar surface area (TPSA) is 26.2 Å². The molecule has 0 aliphatic carbocycles. The van der Waals surface area contributed by atoms with Crippen LogP contribution in [0.5, 0.6) is 5.75 Å². The van der Waals surface area contributed by atoms with Gasteiger partial charge in [-0.15, -0.1) is 0 Å². The number of aromatic nitrogens is 1. The minimum atomic E-state index is 0.862. The van der Waals surface area contributed by atoms with E-state index in [1.165, 1.54) is 11.1 Å². The van der Waals surface area contributed by atoms with Crippen LogP contribution in [0.1, 0.15) is 0 Å². The van der Waals surface area contributed by atoms with Crippen molar-refractivity contribution < 1.29 is 4.74 Å². The van der Waals surface area contributed by atoms with E-state index in [4.69, 9.17) is 4.74 Å². The summed E-state index contributed by atoms with van der Waals surface area (Å²) in [5.41, 5.74) is 4.60. The van der Waals surface area contributed by atoms with Crippen LogP contribution in [0.3, 0.4) is 0 Å². The molecule has 3 rings (SSSR count). The Bertz CT molecular complexity index is 766. The summed E-state index contributed by atoms with van der Waals surface area (Å²) in [7, 11) is 1.68. The summed E-state index contributed by atoms with van der Waals surface area (Å²) in [5.74, 6) is 1.96. The number of rotatable bonds is 7. The zero-order valence-electron chi connectivity index (χ0n) is 14.0. The van der Waals surface area contributed by atoms with Gasteiger partial charge in [-0.3, -0.25) is 0 Å². The van der Waals surface area contributed by atoms with Crippen LogP contribution in [0.25, 0.3) is 11.1 Å². The van der Waals surface area contributed by atoms with E-state index in [0.29, 0.717) is 0 Å². The summed E-state index contributed by atoms with van der Waals surface area (Å²) in [5, 5.41) is 3.54. The molecule has 0 saturated heterocycles. The monoisotopic (exact) mass is 338 g/mol. The molecule has 0 unspecified atom stereocenters. The highest BCUT2D eigenvalue weighted by Crippen LogP contribution is 2.32. The van der Waals surface area contributed by atoms with Gasteiger partial charge < -0.3 is 14.6 Å². The molecule has 4 heteroatoms. The van der Waals surface area contributed by atoms with Gasteiger partial charge in [0.1, 0.15) is 5.75 Å². The smallest absolute Gasteiger partial charge is 0.119 e. The Morgan fingerprint density at radius 2 is 1.75 bits per heavy atom. The SMILES string of the molecule is COc1ccc(Nc2cn(CCSC)cc2-c2ccccc2)cc1. The van der Waals surface area contributed by atoms with E-state index in [2.05, 4.69) is 52.8 Å². The molecule has 124 valence electrons. The quantitative estimate of drug-likeness (QED) is 0.635. The lowest BCUT2D eigenvalue weighted by atomic mass is 10.1. The molecule has 2 aromatic carbocycles. The minimum absolute atomic E-state index is 0.862. The number of thioether (sulfide) groups is 1. The van der Waals surface area contributed by atoms with Gasteiger partial charge in [-0.2, -0.15) is 11.8 Å². The molecule has 0 radical (unpaired) electrons. The fourth-order valence-electron chi connectivity index (χ4n) is 2.61. The van der Waals surface area contributed by atoms with Crippen LogP contribution in [0.15, 0.2) is 67.0 Å². The molecule has 1 heterocycles. The molecule has 0 bridgehead atoms. The molecule has 0 aliphatic heterocycles. The van der Waals surface area contributed by atoms with E-state index in [1.54, 1.807) is 7.11 Å². The van der Waals surface area contributed by atoms with Gasteiger partial charge in [-0.1, -0.05) is 30.3 Å². The van der Waals surface area contributed by atoms with Crippen LogP contribution in [-0.4, -0.2) is 23.7 Å². The highest BCUT2D eigenvalue weighted by molar-refractivity contribution is 7.98. The van der Waals surface area contributed by atoms with E-state index in [0.717, 1.165) is 29.4 Å². The average molecular weight is 338 g/mol. The molecule has 0 spiro atoms. The molecule has 0 saturated carbocycles. The number of ether oxygens (including phenoxy) is 1. The van der Waals surface area contributed by atoms with Crippen molar-refractivity contribution in [1.82, 2.24) is 4.57 Å². The first kappa shape index (κ1) is 16.5. The van der Waals surface area contributed by atoms with Crippen molar-refractivity contribution in [2.24, 2.45) is 0 Å². The van der Waals surface area contributed by atoms with Crippen LogP contribution < -0.4 is 10.1 Å². The lowest BCUT2D eigenvalue weighted by molar-refractivity contribution is 0.415. The number of aryl methyl sites for hydroxylation is 1. The van der Waals surface area contributed by atoms with E-state index < -0.39 is 0 Å². The van der Waals surface area contributed by atoms with Gasteiger partial charge >= 0.3 is 0 Å². The molecule has 24 heavy (non-hydrogen) atoms. The highest BCUT2D eigenvalue weighted by Gasteiger charge is 2.09. The Hall–Kier alpha value is -2.33. The Balaban J connectivity index is 1.90. The second kappa shape index (κ2) is 7.97. The number of nitrogens with zero attached hydrogens (tertiary/aromatic N) is 1. The normalized spacial score (nSPS) is 10.6. The van der Waals surface area contributed by atoms with Crippen LogP contribution in [-0.2, 0) is 6.54 Å². The predicted molar refractivity (Wildman–Crippen MR) is 105 cm³/mol. The molecule has 0 fully saturated rings. The van der Waals surface area contributed by atoms with Crippen molar-refractivity contribution in [1.29, 1.82) is 0 Å². The Morgan fingerprint density at radius 3 is 2.42 bits per heavy atom. The van der Waals surface area contributed by atoms with Gasteiger partial charge in [-0.25, -0.2) is 0 Å². The predicted octanol–water partition coefficient (Wildman–Crippen LogP) is 5.27. The van der Waals surface area contributed by atoms with Gasteiger partial charge in [0.05, 0.1) is 12.8 Å². The number of methoxy groups -OCH3 is 1. The first-order valence-corrected chi connectivity index (χ1v) is 9.35. The van der Waals surface area contributed by atoms with Gasteiger partial charge in [0, 0.05) is 35.9 Å². The van der Waals surface area contributed by atoms with Crippen LogP contribution in [0.4, 0.5) is 11.4 Å². The van der Waals surface area contributed by atoms with E-state index in [9.17, 15) is 0 Å². The van der Waals surface area contributed by atoms with Crippen LogP contribution in [0, 0.1) is 0 Å². The second-order valence-corrected chi connectivity index (χ2v) is 6.52. The first-order valence-electron chi connectivity index (χ1n) is 7.95. The number of hydrogen-bond acceptors (Lipinski definition) is 3. The van der Waals surface area contributed by atoms with Gasteiger partial charge in [0.15, 0.2) is 0 Å². The largest absolute Gasteiger partial charge is 0.497 e. The van der Waals surface area contributed by atoms with Gasteiger partial charge in [-0.05, 0) is 36.1 Å². The number of benzene rings is 2. The average Bonchev–Trinajstić information content (AvgIpc) is 3.04. The lowest BCUT2D eigenvalue weighted by Gasteiger charge is -2.08.